The summed E-state index contributed by atoms with van der Waals surface area (Å²) >= 11 is 0. The second-order valence-electron chi connectivity index (χ2n) is 8.43. The van der Waals surface area contributed by atoms with Crippen LogP contribution in [0.4, 0.5) is 26.1 Å². The zero-order chi connectivity index (χ0) is 22.2. The smallest absolute Gasteiger partial charge is 0.246 e. The molecule has 7 nitrogen and oxygen atoms in total. The fourth-order valence-corrected chi connectivity index (χ4v) is 4.36. The second-order valence-corrected chi connectivity index (χ2v) is 8.43. The van der Waals surface area contributed by atoms with Crippen molar-refractivity contribution in [2.24, 2.45) is 0 Å². The lowest BCUT2D eigenvalue weighted by molar-refractivity contribution is 0.0105. The van der Waals surface area contributed by atoms with Crippen LogP contribution in [0, 0.1) is 25.5 Å². The van der Waals surface area contributed by atoms with E-state index in [1.807, 2.05) is 0 Å². The number of aryl methyl sites for hydroxylation is 1. The van der Waals surface area contributed by atoms with Crippen LogP contribution >= 0.6 is 0 Å². The van der Waals surface area contributed by atoms with Crippen molar-refractivity contribution in [3.8, 4) is 5.69 Å². The van der Waals surface area contributed by atoms with Gasteiger partial charge in [-0.05, 0) is 49.2 Å². The van der Waals surface area contributed by atoms with Gasteiger partial charge in [-0.15, -0.1) is 5.10 Å². The Morgan fingerprint density at radius 1 is 1.03 bits per heavy atom. The van der Waals surface area contributed by atoms with Gasteiger partial charge >= 0.3 is 0 Å². The zero-order valence-electron chi connectivity index (χ0n) is 18.2. The van der Waals surface area contributed by atoms with Gasteiger partial charge in [-0.25, -0.2) is 13.5 Å². The summed E-state index contributed by atoms with van der Waals surface area (Å²) in [5, 5.41) is 7.61. The summed E-state index contributed by atoms with van der Waals surface area (Å²) in [5.41, 5.74) is 4.64. The molecule has 2 aliphatic heterocycles. The molecule has 0 bridgehead atoms. The van der Waals surface area contributed by atoms with Crippen molar-refractivity contribution >= 4 is 17.3 Å². The van der Waals surface area contributed by atoms with E-state index in [1.54, 1.807) is 0 Å². The van der Waals surface area contributed by atoms with E-state index in [1.165, 1.54) is 28.8 Å². The second kappa shape index (κ2) is 8.48. The lowest BCUT2D eigenvalue weighted by atomic mass is 10.0. The van der Waals surface area contributed by atoms with Gasteiger partial charge in [0.1, 0.15) is 18.0 Å². The highest BCUT2D eigenvalue weighted by molar-refractivity contribution is 5.71. The molecule has 3 heterocycles. The molecule has 2 aromatic carbocycles. The highest BCUT2D eigenvalue weighted by atomic mass is 19.1. The van der Waals surface area contributed by atoms with Gasteiger partial charge in [0.2, 0.25) is 5.95 Å². The number of halogens is 2. The zero-order valence-corrected chi connectivity index (χ0v) is 18.2. The van der Waals surface area contributed by atoms with Crippen molar-refractivity contribution in [1.82, 2.24) is 19.7 Å². The largest absolute Gasteiger partial charge is 0.379 e. The van der Waals surface area contributed by atoms with Crippen LogP contribution in [0.5, 0.6) is 0 Å². The lowest BCUT2D eigenvalue weighted by Crippen LogP contribution is -2.61. The molecule has 1 N–H and O–H groups in total. The maximum absolute atomic E-state index is 13.5. The van der Waals surface area contributed by atoms with Crippen molar-refractivity contribution in [3.63, 3.8) is 0 Å². The molecular formula is C23H28F2N6O. The number of rotatable bonds is 5. The summed E-state index contributed by atoms with van der Waals surface area (Å²) in [5.74, 6) is -0.952. The summed E-state index contributed by atoms with van der Waals surface area (Å²) in [6.07, 6.45) is 1.44. The number of hydrogen-bond donors (Lipinski definition) is 1. The SMILES string of the molecule is Cc1cc(Nc2ncn(-c3cc(F)cc(F)c3)n2)c(C)c(N2CC(N3CCOCC3)C2)c1.[HH]. The van der Waals surface area contributed by atoms with Crippen LogP contribution < -0.4 is 10.2 Å². The van der Waals surface area contributed by atoms with Crippen molar-refractivity contribution in [1.29, 1.82) is 0 Å². The molecule has 2 fully saturated rings. The number of morpholine rings is 1. The van der Waals surface area contributed by atoms with Crippen LogP contribution in [-0.4, -0.2) is 65.1 Å². The molecule has 0 aliphatic carbocycles. The highest BCUT2D eigenvalue weighted by Crippen LogP contribution is 2.34. The standard InChI is InChI=1S/C23H26F2N6O.H2/c1-15-7-21(27-23-26-14-31(28-23)19-10-17(24)9-18(25)11-19)16(2)22(8-15)30-12-20(13-30)29-3-5-32-6-4-29;/h7-11,14,20H,3-6,12-13H2,1-2H3,(H,27,28);1H. The normalized spacial score (nSPS) is 17.4. The summed E-state index contributed by atoms with van der Waals surface area (Å²) in [6, 6.07) is 8.09. The molecule has 0 spiro atoms. The number of aromatic nitrogens is 3. The average molecular weight is 443 g/mol. The fourth-order valence-electron chi connectivity index (χ4n) is 4.36. The Bertz CT molecular complexity index is 1110. The number of nitrogens with zero attached hydrogens (tertiary/aromatic N) is 5. The molecule has 0 radical (unpaired) electrons. The minimum Gasteiger partial charge on any atom is -0.379 e. The van der Waals surface area contributed by atoms with Gasteiger partial charge in [0.15, 0.2) is 0 Å². The maximum Gasteiger partial charge on any atom is 0.246 e. The maximum atomic E-state index is 13.5. The number of hydrogen-bond acceptors (Lipinski definition) is 6. The van der Waals surface area contributed by atoms with Gasteiger partial charge in [0.05, 0.1) is 18.9 Å². The number of ether oxygens (including phenoxy) is 1. The molecule has 9 heteroatoms. The van der Waals surface area contributed by atoms with Crippen LogP contribution in [-0.2, 0) is 4.74 Å². The van der Waals surface area contributed by atoms with E-state index in [9.17, 15) is 8.78 Å². The first kappa shape index (κ1) is 20.8. The molecule has 5 rings (SSSR count). The Kier molecular flexibility index (Phi) is 5.52. The van der Waals surface area contributed by atoms with E-state index in [-0.39, 0.29) is 7.11 Å². The van der Waals surface area contributed by atoms with Gasteiger partial charge in [-0.1, -0.05) is 0 Å². The first-order valence-electron chi connectivity index (χ1n) is 10.8. The van der Waals surface area contributed by atoms with Gasteiger partial charge in [0, 0.05) is 51.1 Å². The predicted octanol–water partition coefficient (Wildman–Crippen LogP) is 3.67. The van der Waals surface area contributed by atoms with E-state index >= 15 is 0 Å². The fraction of sp³-hybridized carbons (Fsp3) is 0.391. The van der Waals surface area contributed by atoms with Gasteiger partial charge in [-0.3, -0.25) is 4.90 Å². The minimum absolute atomic E-state index is 0. The average Bonchev–Trinajstić information content (AvgIpc) is 3.19. The molecule has 0 amide bonds. The number of nitrogens with one attached hydrogen (secondary N) is 1. The molecule has 0 atom stereocenters. The summed E-state index contributed by atoms with van der Waals surface area (Å²) in [6.45, 7) is 9.78. The first-order chi connectivity index (χ1) is 15.5. The minimum atomic E-state index is -0.658. The Balaban J connectivity index is 0.00000259. The molecule has 2 aliphatic rings. The Labute approximate surface area is 187 Å². The summed E-state index contributed by atoms with van der Waals surface area (Å²) in [4.78, 5) is 9.17. The Hall–Kier alpha value is -3.04. The van der Waals surface area contributed by atoms with Crippen LogP contribution in [0.3, 0.4) is 0 Å². The third-order valence-electron chi connectivity index (χ3n) is 6.14. The number of benzene rings is 2. The Morgan fingerprint density at radius 2 is 1.75 bits per heavy atom. The van der Waals surface area contributed by atoms with Crippen LogP contribution in [0.1, 0.15) is 12.6 Å². The Morgan fingerprint density at radius 3 is 2.47 bits per heavy atom. The van der Waals surface area contributed by atoms with E-state index in [0.29, 0.717) is 12.0 Å². The topological polar surface area (TPSA) is 58.5 Å². The lowest BCUT2D eigenvalue weighted by Gasteiger charge is -2.48. The van der Waals surface area contributed by atoms with Crippen LogP contribution in [0.15, 0.2) is 36.7 Å². The van der Waals surface area contributed by atoms with Crippen molar-refractivity contribution in [2.45, 2.75) is 19.9 Å². The van der Waals surface area contributed by atoms with E-state index in [4.69, 9.17) is 4.74 Å². The quantitative estimate of drug-likeness (QED) is 0.651. The van der Waals surface area contributed by atoms with E-state index < -0.39 is 11.6 Å². The monoisotopic (exact) mass is 442 g/mol. The van der Waals surface area contributed by atoms with Gasteiger partial charge in [-0.2, -0.15) is 4.98 Å². The predicted molar refractivity (Wildman–Crippen MR) is 121 cm³/mol. The third-order valence-corrected chi connectivity index (χ3v) is 6.14. The first-order valence-corrected chi connectivity index (χ1v) is 10.8. The van der Waals surface area contributed by atoms with E-state index in [0.717, 1.165) is 62.3 Å². The molecule has 0 saturated carbocycles. The summed E-state index contributed by atoms with van der Waals surface area (Å²) < 4.78 is 33.9. The van der Waals surface area contributed by atoms with E-state index in [2.05, 4.69) is 51.2 Å². The van der Waals surface area contributed by atoms with Crippen LogP contribution in [0.2, 0.25) is 0 Å². The number of anilines is 3. The molecule has 170 valence electrons. The molecule has 32 heavy (non-hydrogen) atoms. The molecule has 1 aromatic heterocycles. The van der Waals surface area contributed by atoms with Crippen molar-refractivity contribution < 1.29 is 14.9 Å². The summed E-state index contributed by atoms with van der Waals surface area (Å²) in [7, 11) is 0. The third kappa shape index (κ3) is 4.18. The van der Waals surface area contributed by atoms with Crippen molar-refractivity contribution in [3.05, 3.63) is 59.4 Å². The highest BCUT2D eigenvalue weighted by Gasteiger charge is 2.33. The van der Waals surface area contributed by atoms with Gasteiger partial charge in [0.25, 0.3) is 0 Å². The van der Waals surface area contributed by atoms with Gasteiger partial charge < -0.3 is 15.0 Å². The van der Waals surface area contributed by atoms with Crippen LogP contribution in [0.25, 0.3) is 5.69 Å². The van der Waals surface area contributed by atoms with Crippen molar-refractivity contribution in [2.75, 3.05) is 49.6 Å². The molecule has 3 aromatic rings. The molecule has 0 unspecified atom stereocenters. The molecular weight excluding hydrogens is 414 g/mol. The molecule has 2 saturated heterocycles.